The zero-order valence-corrected chi connectivity index (χ0v) is 15.2. The zero-order chi connectivity index (χ0) is 18.5. The van der Waals surface area contributed by atoms with Gasteiger partial charge in [0.05, 0.1) is 11.1 Å². The first kappa shape index (κ1) is 18.5. The number of nitrogens with one attached hydrogen (secondary N) is 1. The minimum atomic E-state index is -2.91. The Morgan fingerprint density at radius 1 is 1.46 bits per heavy atom. The summed E-state index contributed by atoms with van der Waals surface area (Å²) in [7, 11) is 0. The molecular formula is C19H20F2N2O2S. The maximum atomic E-state index is 12.4. The van der Waals surface area contributed by atoms with E-state index in [1.54, 1.807) is 18.2 Å². The molecule has 0 bridgehead atoms. The molecule has 1 aliphatic rings. The monoisotopic (exact) mass is 378 g/mol. The predicted molar refractivity (Wildman–Crippen MR) is 98.3 cm³/mol. The van der Waals surface area contributed by atoms with Gasteiger partial charge in [0.25, 0.3) is 5.91 Å². The molecule has 7 heteroatoms. The van der Waals surface area contributed by atoms with Crippen LogP contribution < -0.4 is 10.2 Å². The molecule has 0 fully saturated rings. The highest BCUT2D eigenvalue weighted by Crippen LogP contribution is 2.33. The number of nitrogens with zero attached hydrogens (tertiary/aromatic N) is 1. The lowest BCUT2D eigenvalue weighted by molar-refractivity contribution is -0.0499. The van der Waals surface area contributed by atoms with Gasteiger partial charge in [-0.25, -0.2) is 5.43 Å². The number of alkyl halides is 2. The minimum Gasteiger partial charge on any atom is -0.434 e. The van der Waals surface area contributed by atoms with Crippen molar-refractivity contribution in [2.45, 2.75) is 39.2 Å². The molecule has 1 N–H and O–H groups in total. The molecule has 1 aromatic carbocycles. The van der Waals surface area contributed by atoms with Crippen LogP contribution in [0.5, 0.6) is 5.75 Å². The van der Waals surface area contributed by atoms with Crippen LogP contribution in [0.3, 0.4) is 0 Å². The van der Waals surface area contributed by atoms with Crippen molar-refractivity contribution < 1.29 is 18.3 Å². The van der Waals surface area contributed by atoms with Gasteiger partial charge >= 0.3 is 6.61 Å². The predicted octanol–water partition coefficient (Wildman–Crippen LogP) is 4.63. The summed E-state index contributed by atoms with van der Waals surface area (Å²) in [6.07, 6.45) is 5.67. The Balaban J connectivity index is 1.65. The van der Waals surface area contributed by atoms with E-state index in [0.29, 0.717) is 16.4 Å². The fraction of sp³-hybridized carbons (Fsp3) is 0.368. The second-order valence-corrected chi connectivity index (χ2v) is 7.33. The summed E-state index contributed by atoms with van der Waals surface area (Å²) in [5.41, 5.74) is 4.09. The maximum Gasteiger partial charge on any atom is 0.387 e. The van der Waals surface area contributed by atoms with Gasteiger partial charge in [-0.3, -0.25) is 4.79 Å². The van der Waals surface area contributed by atoms with E-state index in [9.17, 15) is 13.6 Å². The number of fused-ring (bicyclic) bond motifs is 1. The molecular weight excluding hydrogens is 358 g/mol. The Kier molecular flexibility index (Phi) is 5.98. The molecule has 1 amide bonds. The molecule has 0 unspecified atom stereocenters. The zero-order valence-electron chi connectivity index (χ0n) is 14.4. The number of amides is 1. The van der Waals surface area contributed by atoms with Gasteiger partial charge in [0.15, 0.2) is 0 Å². The molecule has 0 spiro atoms. The molecule has 138 valence electrons. The Morgan fingerprint density at radius 3 is 3.04 bits per heavy atom. The molecule has 2 aromatic rings. The summed E-state index contributed by atoms with van der Waals surface area (Å²) < 4.78 is 29.2. The second-order valence-electron chi connectivity index (χ2n) is 6.19. The number of hydrogen-bond acceptors (Lipinski definition) is 4. The number of aryl methyl sites for hydroxylation is 1. The summed E-state index contributed by atoms with van der Waals surface area (Å²) in [5.74, 6) is 0.413. The van der Waals surface area contributed by atoms with Crippen LogP contribution in [0.15, 0.2) is 35.4 Å². The van der Waals surface area contributed by atoms with E-state index in [1.807, 2.05) is 6.07 Å². The van der Waals surface area contributed by atoms with Crippen molar-refractivity contribution in [3.05, 3.63) is 51.2 Å². The summed E-state index contributed by atoms with van der Waals surface area (Å²) in [4.78, 5) is 14.2. The summed E-state index contributed by atoms with van der Waals surface area (Å²) in [6.45, 7) is -0.719. The van der Waals surface area contributed by atoms with Gasteiger partial charge in [0.2, 0.25) is 0 Å². The van der Waals surface area contributed by atoms with E-state index in [2.05, 4.69) is 22.2 Å². The highest BCUT2D eigenvalue weighted by molar-refractivity contribution is 7.14. The number of carbonyl (C=O) groups excluding carboxylic acids is 1. The van der Waals surface area contributed by atoms with Crippen molar-refractivity contribution in [2.75, 3.05) is 0 Å². The van der Waals surface area contributed by atoms with Crippen LogP contribution in [-0.4, -0.2) is 18.7 Å². The molecule has 0 radical (unpaired) electrons. The molecule has 0 saturated carbocycles. The Bertz CT molecular complexity index is 805. The van der Waals surface area contributed by atoms with Crippen molar-refractivity contribution in [3.63, 3.8) is 0 Å². The smallest absolute Gasteiger partial charge is 0.387 e. The molecule has 3 rings (SSSR count). The third-order valence-electron chi connectivity index (χ3n) is 4.49. The number of para-hydroxylation sites is 1. The van der Waals surface area contributed by atoms with Crippen molar-refractivity contribution in [2.24, 2.45) is 11.0 Å². The van der Waals surface area contributed by atoms with E-state index in [4.69, 9.17) is 0 Å². The van der Waals surface area contributed by atoms with Gasteiger partial charge < -0.3 is 4.74 Å². The van der Waals surface area contributed by atoms with Crippen LogP contribution in [-0.2, 0) is 12.8 Å². The van der Waals surface area contributed by atoms with Crippen LogP contribution >= 0.6 is 11.3 Å². The summed E-state index contributed by atoms with van der Waals surface area (Å²) in [5, 5.41) is 3.88. The summed E-state index contributed by atoms with van der Waals surface area (Å²) >= 11 is 1.50. The average Bonchev–Trinajstić information content (AvgIpc) is 3.05. The number of hydrazone groups is 1. The van der Waals surface area contributed by atoms with Crippen LogP contribution in [0.2, 0.25) is 0 Å². The molecule has 1 atom stereocenters. The number of hydrogen-bond donors (Lipinski definition) is 1. The number of halogens is 2. The van der Waals surface area contributed by atoms with Crippen LogP contribution in [0.25, 0.3) is 0 Å². The van der Waals surface area contributed by atoms with Crippen molar-refractivity contribution in [3.8, 4) is 5.75 Å². The normalized spacial score (nSPS) is 16.7. The highest BCUT2D eigenvalue weighted by atomic mass is 32.1. The molecule has 26 heavy (non-hydrogen) atoms. The number of benzene rings is 1. The number of thiophene rings is 1. The van der Waals surface area contributed by atoms with Crippen LogP contribution in [0.4, 0.5) is 8.78 Å². The minimum absolute atomic E-state index is 0.0118. The third kappa shape index (κ3) is 4.46. The highest BCUT2D eigenvalue weighted by Gasteiger charge is 2.21. The third-order valence-corrected chi connectivity index (χ3v) is 5.73. The topological polar surface area (TPSA) is 50.7 Å². The largest absolute Gasteiger partial charge is 0.434 e. The van der Waals surface area contributed by atoms with Gasteiger partial charge in [0, 0.05) is 10.4 Å². The molecule has 0 aliphatic heterocycles. The van der Waals surface area contributed by atoms with Gasteiger partial charge in [-0.15, -0.1) is 11.3 Å². The standard InChI is InChI=1S/C19H20F2N2O2S/c1-2-12-7-8-16-14(9-12)10-17(26-16)18(24)23-22-11-13-5-3-4-6-15(13)25-19(20)21/h3-6,10-12,19H,2,7-9H2,1H3,(H,23,24)/b22-11-/t12-/m0/s1. The SMILES string of the molecule is CC[C@H]1CCc2sc(C(=O)N/N=C\c3ccccc3OC(F)F)cc2C1. The molecule has 0 saturated heterocycles. The number of rotatable bonds is 6. The first-order chi connectivity index (χ1) is 12.6. The van der Waals surface area contributed by atoms with E-state index >= 15 is 0 Å². The molecule has 1 heterocycles. The lowest BCUT2D eigenvalue weighted by Gasteiger charge is -2.19. The Labute approximate surface area is 154 Å². The molecule has 1 aromatic heterocycles. The van der Waals surface area contributed by atoms with Gasteiger partial charge in [-0.1, -0.05) is 25.5 Å². The second kappa shape index (κ2) is 8.40. The Hall–Kier alpha value is -2.28. The van der Waals surface area contributed by atoms with Crippen molar-refractivity contribution in [1.82, 2.24) is 5.43 Å². The average molecular weight is 378 g/mol. The number of ether oxygens (including phenoxy) is 1. The first-order valence-electron chi connectivity index (χ1n) is 8.55. The molecule has 1 aliphatic carbocycles. The van der Waals surface area contributed by atoms with Crippen LogP contribution in [0, 0.1) is 5.92 Å². The van der Waals surface area contributed by atoms with E-state index < -0.39 is 6.61 Å². The lowest BCUT2D eigenvalue weighted by Crippen LogP contribution is -2.16. The van der Waals surface area contributed by atoms with Crippen LogP contribution in [0.1, 0.15) is 45.4 Å². The van der Waals surface area contributed by atoms with E-state index in [0.717, 1.165) is 19.3 Å². The van der Waals surface area contributed by atoms with Crippen molar-refractivity contribution >= 4 is 23.5 Å². The van der Waals surface area contributed by atoms with Gasteiger partial charge in [-0.2, -0.15) is 13.9 Å². The van der Waals surface area contributed by atoms with Gasteiger partial charge in [0.1, 0.15) is 5.75 Å². The fourth-order valence-corrected chi connectivity index (χ4v) is 4.16. The van der Waals surface area contributed by atoms with Crippen molar-refractivity contribution in [1.29, 1.82) is 0 Å². The maximum absolute atomic E-state index is 12.4. The lowest BCUT2D eigenvalue weighted by atomic mass is 9.87. The van der Waals surface area contributed by atoms with E-state index in [1.165, 1.54) is 40.5 Å². The first-order valence-corrected chi connectivity index (χ1v) is 9.37. The molecule has 4 nitrogen and oxygen atoms in total. The van der Waals surface area contributed by atoms with Gasteiger partial charge in [-0.05, 0) is 48.9 Å². The quantitative estimate of drug-likeness (QED) is 0.589. The number of carbonyl (C=O) groups is 1. The fourth-order valence-electron chi connectivity index (χ4n) is 3.07. The van der Waals surface area contributed by atoms with E-state index in [-0.39, 0.29) is 11.7 Å². The summed E-state index contributed by atoms with van der Waals surface area (Å²) in [6, 6.07) is 8.22. The Morgan fingerprint density at radius 2 is 2.27 bits per heavy atom.